The summed E-state index contributed by atoms with van der Waals surface area (Å²) in [4.78, 5) is 15.5. The van der Waals surface area contributed by atoms with E-state index in [0.29, 0.717) is 15.8 Å². The molecule has 1 aromatic heterocycles. The average Bonchev–Trinajstić information content (AvgIpc) is 2.67. The molecule has 1 heterocycles. The Morgan fingerprint density at radius 1 is 1.42 bits per heavy atom. The molecule has 6 nitrogen and oxygen atoms in total. The number of para-hydroxylation sites is 1. The van der Waals surface area contributed by atoms with E-state index in [-0.39, 0.29) is 5.69 Å². The van der Waals surface area contributed by atoms with Crippen LogP contribution in [0.15, 0.2) is 32.7 Å². The lowest BCUT2D eigenvalue weighted by Crippen LogP contribution is -1.98. The summed E-state index contributed by atoms with van der Waals surface area (Å²) >= 11 is 1.15. The van der Waals surface area contributed by atoms with Crippen molar-refractivity contribution in [2.24, 2.45) is 0 Å². The molecule has 100 valence electrons. The van der Waals surface area contributed by atoms with Crippen molar-refractivity contribution in [1.82, 2.24) is 4.98 Å². The van der Waals surface area contributed by atoms with Crippen molar-refractivity contribution in [2.45, 2.75) is 24.0 Å². The third-order valence-corrected chi connectivity index (χ3v) is 3.56. The highest BCUT2D eigenvalue weighted by atomic mass is 32.2. The fourth-order valence-electron chi connectivity index (χ4n) is 1.58. The van der Waals surface area contributed by atoms with Gasteiger partial charge in [0.15, 0.2) is 0 Å². The number of nitrogens with one attached hydrogen (secondary N) is 1. The van der Waals surface area contributed by atoms with E-state index in [2.05, 4.69) is 10.3 Å². The molecule has 0 aliphatic carbocycles. The first-order valence-electron chi connectivity index (χ1n) is 5.60. The summed E-state index contributed by atoms with van der Waals surface area (Å²) < 4.78 is 5.44. The maximum atomic E-state index is 11.2. The Hall–Kier alpha value is -2.02. The van der Waals surface area contributed by atoms with E-state index in [4.69, 9.17) is 4.42 Å². The van der Waals surface area contributed by atoms with Gasteiger partial charge in [-0.2, -0.15) is 0 Å². The summed E-state index contributed by atoms with van der Waals surface area (Å²) in [5.74, 6) is 0.718. The van der Waals surface area contributed by atoms with Crippen LogP contribution in [0.5, 0.6) is 0 Å². The number of aryl methyl sites for hydroxylation is 2. The minimum atomic E-state index is -0.406. The van der Waals surface area contributed by atoms with Gasteiger partial charge in [0, 0.05) is 7.05 Å². The molecule has 1 N–H and O–H groups in total. The summed E-state index contributed by atoms with van der Waals surface area (Å²) in [7, 11) is 1.65. The van der Waals surface area contributed by atoms with E-state index in [0.717, 1.165) is 23.2 Å². The van der Waals surface area contributed by atoms with Crippen LogP contribution in [0.4, 0.5) is 11.4 Å². The number of aromatic nitrogens is 1. The second-order valence-corrected chi connectivity index (χ2v) is 4.88. The minimum absolute atomic E-state index is 0.0310. The molecule has 0 aliphatic rings. The number of hydrogen-bond donors (Lipinski definition) is 1. The van der Waals surface area contributed by atoms with Crippen molar-refractivity contribution in [3.8, 4) is 0 Å². The summed E-state index contributed by atoms with van der Waals surface area (Å²) in [5.41, 5.74) is 1.29. The molecule has 0 atom stereocenters. The highest BCUT2D eigenvalue weighted by Gasteiger charge is 2.21. The summed E-state index contributed by atoms with van der Waals surface area (Å²) in [6.07, 6.45) is 0. The molecule has 7 heteroatoms. The lowest BCUT2D eigenvalue weighted by molar-refractivity contribution is -0.386. The Morgan fingerprint density at radius 2 is 2.16 bits per heavy atom. The molecule has 0 radical (unpaired) electrons. The van der Waals surface area contributed by atoms with Gasteiger partial charge in [-0.25, -0.2) is 4.98 Å². The third kappa shape index (κ3) is 2.70. The van der Waals surface area contributed by atoms with Crippen LogP contribution in [0.25, 0.3) is 0 Å². The zero-order valence-electron chi connectivity index (χ0n) is 10.8. The molecule has 1 aromatic carbocycles. The number of rotatable bonds is 4. The zero-order valence-corrected chi connectivity index (χ0v) is 11.6. The quantitative estimate of drug-likeness (QED) is 0.682. The lowest BCUT2D eigenvalue weighted by atomic mass is 10.3. The standard InChI is InChI=1S/C12H13N3O3S/c1-7-8(2)18-12(14-7)19-10-6-4-5-9(13-3)11(10)15(16)17/h4-6,13H,1-3H3. The fraction of sp³-hybridized carbons (Fsp3) is 0.250. The van der Waals surface area contributed by atoms with Crippen LogP contribution in [0.2, 0.25) is 0 Å². The van der Waals surface area contributed by atoms with E-state index >= 15 is 0 Å². The van der Waals surface area contributed by atoms with Gasteiger partial charge in [0.05, 0.1) is 15.5 Å². The van der Waals surface area contributed by atoms with Crippen molar-refractivity contribution < 1.29 is 9.34 Å². The molecule has 0 fully saturated rings. The fourth-order valence-corrected chi connectivity index (χ4v) is 2.54. The van der Waals surface area contributed by atoms with Crippen molar-refractivity contribution >= 4 is 23.1 Å². The van der Waals surface area contributed by atoms with E-state index < -0.39 is 4.92 Å². The molecule has 0 amide bonds. The molecule has 0 unspecified atom stereocenters. The van der Waals surface area contributed by atoms with Crippen LogP contribution in [0, 0.1) is 24.0 Å². The Morgan fingerprint density at radius 3 is 2.68 bits per heavy atom. The molecular weight excluding hydrogens is 266 g/mol. The van der Waals surface area contributed by atoms with E-state index in [1.807, 2.05) is 13.8 Å². The first kappa shape index (κ1) is 13.4. The van der Waals surface area contributed by atoms with Crippen molar-refractivity contribution in [3.05, 3.63) is 39.8 Å². The Bertz CT molecular complexity index is 605. The monoisotopic (exact) mass is 279 g/mol. The number of benzene rings is 1. The van der Waals surface area contributed by atoms with Crippen LogP contribution < -0.4 is 5.32 Å². The van der Waals surface area contributed by atoms with Crippen molar-refractivity contribution in [1.29, 1.82) is 0 Å². The topological polar surface area (TPSA) is 81.2 Å². The molecule has 0 spiro atoms. The average molecular weight is 279 g/mol. The molecular formula is C12H13N3O3S. The predicted molar refractivity (Wildman–Crippen MR) is 72.7 cm³/mol. The van der Waals surface area contributed by atoms with Gasteiger partial charge >= 0.3 is 5.69 Å². The van der Waals surface area contributed by atoms with Crippen molar-refractivity contribution in [2.75, 3.05) is 12.4 Å². The molecule has 0 saturated heterocycles. The van der Waals surface area contributed by atoms with Crippen LogP contribution in [-0.2, 0) is 0 Å². The first-order valence-corrected chi connectivity index (χ1v) is 6.41. The van der Waals surface area contributed by atoms with Gasteiger partial charge in [0.25, 0.3) is 5.22 Å². The van der Waals surface area contributed by atoms with Gasteiger partial charge in [-0.15, -0.1) is 0 Å². The second kappa shape index (κ2) is 5.31. The maximum absolute atomic E-state index is 11.2. The number of anilines is 1. The van der Waals surface area contributed by atoms with Crippen LogP contribution >= 0.6 is 11.8 Å². The Kier molecular flexibility index (Phi) is 3.75. The Balaban J connectivity index is 2.42. The molecule has 0 saturated carbocycles. The maximum Gasteiger partial charge on any atom is 0.306 e. The largest absolute Gasteiger partial charge is 0.436 e. The van der Waals surface area contributed by atoms with Crippen LogP contribution in [0.1, 0.15) is 11.5 Å². The van der Waals surface area contributed by atoms with Gasteiger partial charge in [-0.1, -0.05) is 6.07 Å². The molecule has 2 rings (SSSR count). The Labute approximate surface area is 114 Å². The minimum Gasteiger partial charge on any atom is -0.436 e. The normalized spacial score (nSPS) is 10.5. The van der Waals surface area contributed by atoms with E-state index in [1.165, 1.54) is 0 Å². The summed E-state index contributed by atoms with van der Waals surface area (Å²) in [6, 6.07) is 5.09. The number of oxazole rings is 1. The smallest absolute Gasteiger partial charge is 0.306 e. The molecule has 19 heavy (non-hydrogen) atoms. The van der Waals surface area contributed by atoms with Gasteiger partial charge in [-0.3, -0.25) is 10.1 Å². The highest BCUT2D eigenvalue weighted by molar-refractivity contribution is 7.99. The zero-order chi connectivity index (χ0) is 14.0. The van der Waals surface area contributed by atoms with Gasteiger partial charge in [0.2, 0.25) is 0 Å². The van der Waals surface area contributed by atoms with E-state index in [9.17, 15) is 10.1 Å². The van der Waals surface area contributed by atoms with Gasteiger partial charge < -0.3 is 9.73 Å². The lowest BCUT2D eigenvalue weighted by Gasteiger charge is -2.05. The van der Waals surface area contributed by atoms with Gasteiger partial charge in [0.1, 0.15) is 11.4 Å². The predicted octanol–water partition coefficient (Wildman–Crippen LogP) is 3.39. The molecule has 0 bridgehead atoms. The number of hydrogen-bond acceptors (Lipinski definition) is 6. The highest BCUT2D eigenvalue weighted by Crippen LogP contribution is 2.39. The first-order chi connectivity index (χ1) is 9.02. The number of nitro benzene ring substituents is 1. The van der Waals surface area contributed by atoms with E-state index in [1.54, 1.807) is 25.2 Å². The third-order valence-electron chi connectivity index (χ3n) is 2.66. The summed E-state index contributed by atoms with van der Waals surface area (Å²) in [5, 5.41) is 14.4. The van der Waals surface area contributed by atoms with Crippen molar-refractivity contribution in [3.63, 3.8) is 0 Å². The molecule has 2 aromatic rings. The van der Waals surface area contributed by atoms with Gasteiger partial charge in [-0.05, 0) is 37.7 Å². The van der Waals surface area contributed by atoms with Crippen LogP contribution in [0.3, 0.4) is 0 Å². The van der Waals surface area contributed by atoms with Crippen LogP contribution in [-0.4, -0.2) is 17.0 Å². The molecule has 0 aliphatic heterocycles. The number of nitrogens with zero attached hydrogens (tertiary/aromatic N) is 2. The second-order valence-electron chi connectivity index (χ2n) is 3.88. The number of nitro groups is 1. The SMILES string of the molecule is CNc1cccc(Sc2nc(C)c(C)o2)c1[N+](=O)[O-]. The summed E-state index contributed by atoms with van der Waals surface area (Å²) in [6.45, 7) is 3.64.